The van der Waals surface area contributed by atoms with Gasteiger partial charge in [-0.3, -0.25) is 19.3 Å². The van der Waals surface area contributed by atoms with Crippen LogP contribution in [0.3, 0.4) is 0 Å². The maximum absolute atomic E-state index is 12.2. The molecular formula is C14H14BrNO4. The van der Waals surface area contributed by atoms with Gasteiger partial charge in [0.15, 0.2) is 0 Å². The number of amides is 2. The lowest BCUT2D eigenvalue weighted by molar-refractivity contribution is -0.138. The first kappa shape index (κ1) is 14.7. The van der Waals surface area contributed by atoms with Crippen molar-refractivity contribution in [3.63, 3.8) is 0 Å². The van der Waals surface area contributed by atoms with Crippen LogP contribution in [-0.2, 0) is 4.79 Å². The van der Waals surface area contributed by atoms with Crippen molar-refractivity contribution in [3.8, 4) is 0 Å². The second-order valence-electron chi connectivity index (χ2n) is 4.78. The first-order valence-corrected chi connectivity index (χ1v) is 7.10. The van der Waals surface area contributed by atoms with Gasteiger partial charge in [-0.25, -0.2) is 0 Å². The number of rotatable bonds is 5. The predicted octanol–water partition coefficient (Wildman–Crippen LogP) is 2.55. The Bertz CT molecular complexity index is 585. The lowest BCUT2D eigenvalue weighted by Gasteiger charge is -2.19. The summed E-state index contributed by atoms with van der Waals surface area (Å²) in [7, 11) is 0. The van der Waals surface area contributed by atoms with Crippen LogP contribution in [0.1, 0.15) is 40.5 Å². The van der Waals surface area contributed by atoms with Crippen LogP contribution in [0, 0.1) is 5.92 Å². The van der Waals surface area contributed by atoms with E-state index in [1.165, 1.54) is 0 Å². The van der Waals surface area contributed by atoms with E-state index in [2.05, 4.69) is 15.9 Å². The summed E-state index contributed by atoms with van der Waals surface area (Å²) in [5.74, 6) is -1.84. The van der Waals surface area contributed by atoms with Crippen LogP contribution in [0.2, 0.25) is 0 Å². The minimum atomic E-state index is -0.920. The second kappa shape index (κ2) is 5.75. The van der Waals surface area contributed by atoms with E-state index >= 15 is 0 Å². The zero-order chi connectivity index (χ0) is 14.9. The van der Waals surface area contributed by atoms with Crippen molar-refractivity contribution in [2.75, 3.05) is 6.54 Å². The van der Waals surface area contributed by atoms with Crippen LogP contribution >= 0.6 is 15.9 Å². The molecule has 0 radical (unpaired) electrons. The van der Waals surface area contributed by atoms with Gasteiger partial charge in [0, 0.05) is 17.4 Å². The zero-order valence-electron chi connectivity index (χ0n) is 10.9. The highest BCUT2D eigenvalue weighted by atomic mass is 79.9. The number of hydrogen-bond acceptors (Lipinski definition) is 3. The van der Waals surface area contributed by atoms with Gasteiger partial charge in [0.1, 0.15) is 0 Å². The molecule has 6 heteroatoms. The van der Waals surface area contributed by atoms with Gasteiger partial charge in [-0.05, 0) is 24.1 Å². The van der Waals surface area contributed by atoms with Gasteiger partial charge in [0.05, 0.1) is 11.1 Å². The number of carboxylic acid groups (broad SMARTS) is 1. The fourth-order valence-corrected chi connectivity index (χ4v) is 2.63. The van der Waals surface area contributed by atoms with E-state index in [0.717, 1.165) is 9.37 Å². The molecule has 1 aromatic carbocycles. The molecule has 0 spiro atoms. The SMILES string of the molecule is CCC(CC(=O)O)CN1C(=O)c2ccc(Br)cc2C1=O. The first-order chi connectivity index (χ1) is 9.43. The Labute approximate surface area is 124 Å². The van der Waals surface area contributed by atoms with E-state index < -0.39 is 5.97 Å². The number of hydrogen-bond donors (Lipinski definition) is 1. The Morgan fingerprint density at radius 2 is 1.95 bits per heavy atom. The third-order valence-electron chi connectivity index (χ3n) is 3.41. The Balaban J connectivity index is 2.21. The van der Waals surface area contributed by atoms with Crippen molar-refractivity contribution in [1.29, 1.82) is 0 Å². The van der Waals surface area contributed by atoms with Crippen LogP contribution in [-0.4, -0.2) is 34.3 Å². The number of carbonyl (C=O) groups excluding carboxylic acids is 2. The molecule has 2 amide bonds. The molecule has 20 heavy (non-hydrogen) atoms. The maximum atomic E-state index is 12.2. The zero-order valence-corrected chi connectivity index (χ0v) is 12.5. The number of aliphatic carboxylic acids is 1. The van der Waals surface area contributed by atoms with E-state index in [0.29, 0.717) is 17.5 Å². The normalized spacial score (nSPS) is 15.4. The number of carboxylic acids is 1. The fraction of sp³-hybridized carbons (Fsp3) is 0.357. The number of imide groups is 1. The predicted molar refractivity (Wildman–Crippen MR) is 75.5 cm³/mol. The second-order valence-corrected chi connectivity index (χ2v) is 5.70. The Morgan fingerprint density at radius 1 is 1.30 bits per heavy atom. The molecule has 2 rings (SSSR count). The lowest BCUT2D eigenvalue weighted by Crippen LogP contribution is -2.35. The van der Waals surface area contributed by atoms with Crippen LogP contribution < -0.4 is 0 Å². The van der Waals surface area contributed by atoms with Crippen LogP contribution in [0.5, 0.6) is 0 Å². The van der Waals surface area contributed by atoms with E-state index in [9.17, 15) is 14.4 Å². The molecule has 0 saturated heterocycles. The molecule has 1 N–H and O–H groups in total. The Hall–Kier alpha value is -1.69. The summed E-state index contributed by atoms with van der Waals surface area (Å²) >= 11 is 3.27. The van der Waals surface area contributed by atoms with Crippen molar-refractivity contribution < 1.29 is 19.5 Å². The number of halogens is 1. The first-order valence-electron chi connectivity index (χ1n) is 6.31. The molecule has 1 aliphatic heterocycles. The van der Waals surface area contributed by atoms with Crippen molar-refractivity contribution in [2.45, 2.75) is 19.8 Å². The minimum Gasteiger partial charge on any atom is -0.481 e. The van der Waals surface area contributed by atoms with Gasteiger partial charge < -0.3 is 5.11 Å². The Morgan fingerprint density at radius 3 is 2.55 bits per heavy atom. The highest BCUT2D eigenvalue weighted by molar-refractivity contribution is 9.10. The molecule has 1 aliphatic rings. The van der Waals surface area contributed by atoms with Crippen molar-refractivity contribution in [2.24, 2.45) is 5.92 Å². The standard InChI is InChI=1S/C14H14BrNO4/c1-2-8(5-12(17)18)7-16-13(19)10-4-3-9(15)6-11(10)14(16)20/h3-4,6,8H,2,5,7H2,1H3,(H,17,18). The summed E-state index contributed by atoms with van der Waals surface area (Å²) in [4.78, 5) is 36.4. The largest absolute Gasteiger partial charge is 0.481 e. The molecule has 0 aromatic heterocycles. The molecule has 1 heterocycles. The van der Waals surface area contributed by atoms with E-state index in [1.807, 2.05) is 6.92 Å². The smallest absolute Gasteiger partial charge is 0.303 e. The Kier molecular flexibility index (Phi) is 4.23. The van der Waals surface area contributed by atoms with E-state index in [4.69, 9.17) is 5.11 Å². The molecule has 0 aliphatic carbocycles. The van der Waals surface area contributed by atoms with Crippen molar-refractivity contribution in [3.05, 3.63) is 33.8 Å². The van der Waals surface area contributed by atoms with Gasteiger partial charge in [-0.15, -0.1) is 0 Å². The lowest BCUT2D eigenvalue weighted by atomic mass is 10.0. The molecule has 0 bridgehead atoms. The molecule has 5 nitrogen and oxygen atoms in total. The van der Waals surface area contributed by atoms with Crippen LogP contribution in [0.25, 0.3) is 0 Å². The van der Waals surface area contributed by atoms with E-state index in [1.54, 1.807) is 18.2 Å². The molecule has 1 unspecified atom stereocenters. The third-order valence-corrected chi connectivity index (χ3v) is 3.91. The third kappa shape index (κ3) is 2.75. The van der Waals surface area contributed by atoms with Gasteiger partial charge in [-0.2, -0.15) is 0 Å². The quantitative estimate of drug-likeness (QED) is 0.836. The molecule has 106 valence electrons. The number of carbonyl (C=O) groups is 3. The van der Waals surface area contributed by atoms with Crippen LogP contribution in [0.15, 0.2) is 22.7 Å². The van der Waals surface area contributed by atoms with Crippen molar-refractivity contribution in [1.82, 2.24) is 4.90 Å². The summed E-state index contributed by atoms with van der Waals surface area (Å²) in [5, 5.41) is 8.84. The van der Waals surface area contributed by atoms with Gasteiger partial charge >= 0.3 is 5.97 Å². The number of fused-ring (bicyclic) bond motifs is 1. The minimum absolute atomic E-state index is 0.0480. The average Bonchev–Trinajstić information content (AvgIpc) is 2.62. The molecule has 0 saturated carbocycles. The van der Waals surface area contributed by atoms with Gasteiger partial charge in [0.25, 0.3) is 11.8 Å². The number of nitrogens with zero attached hydrogens (tertiary/aromatic N) is 1. The summed E-state index contributed by atoms with van der Waals surface area (Å²) in [6.45, 7) is 2.00. The molecule has 0 fully saturated rings. The van der Waals surface area contributed by atoms with Crippen molar-refractivity contribution >= 4 is 33.7 Å². The maximum Gasteiger partial charge on any atom is 0.303 e. The summed E-state index contributed by atoms with van der Waals surface area (Å²) < 4.78 is 0.733. The summed E-state index contributed by atoms with van der Waals surface area (Å²) in [5.41, 5.74) is 0.748. The number of benzene rings is 1. The highest BCUT2D eigenvalue weighted by Crippen LogP contribution is 2.27. The van der Waals surface area contributed by atoms with Gasteiger partial charge in [0.2, 0.25) is 0 Å². The fourth-order valence-electron chi connectivity index (χ4n) is 2.27. The molecule has 1 aromatic rings. The van der Waals surface area contributed by atoms with Gasteiger partial charge in [-0.1, -0.05) is 29.3 Å². The molecular weight excluding hydrogens is 326 g/mol. The van der Waals surface area contributed by atoms with E-state index in [-0.39, 0.29) is 30.7 Å². The highest BCUT2D eigenvalue weighted by Gasteiger charge is 2.36. The van der Waals surface area contributed by atoms with Crippen LogP contribution in [0.4, 0.5) is 0 Å². The topological polar surface area (TPSA) is 74.7 Å². The summed E-state index contributed by atoms with van der Waals surface area (Å²) in [6, 6.07) is 4.94. The monoisotopic (exact) mass is 339 g/mol. The molecule has 1 atom stereocenters. The summed E-state index contributed by atoms with van der Waals surface area (Å²) in [6.07, 6.45) is 0.553. The average molecular weight is 340 g/mol.